The first-order valence-electron chi connectivity index (χ1n) is 12.1. The molecule has 0 aliphatic carbocycles. The first kappa shape index (κ1) is 24.5. The summed E-state index contributed by atoms with van der Waals surface area (Å²) in [4.78, 5) is 37.3. The highest BCUT2D eigenvalue weighted by Crippen LogP contribution is 2.46. The lowest BCUT2D eigenvalue weighted by molar-refractivity contribution is -0.139. The van der Waals surface area contributed by atoms with E-state index >= 15 is 0 Å². The molecule has 1 N–H and O–H groups in total. The van der Waals surface area contributed by atoms with E-state index in [2.05, 4.69) is 10.3 Å². The third-order valence-corrected chi connectivity index (χ3v) is 6.94. The molecule has 2 aliphatic rings. The van der Waals surface area contributed by atoms with E-state index in [1.54, 1.807) is 19.3 Å². The highest BCUT2D eigenvalue weighted by Gasteiger charge is 2.42. The van der Waals surface area contributed by atoms with Crippen LogP contribution in [0.3, 0.4) is 0 Å². The molecule has 7 nitrogen and oxygen atoms in total. The monoisotopic (exact) mass is 510 g/mol. The van der Waals surface area contributed by atoms with E-state index in [9.17, 15) is 9.59 Å². The van der Waals surface area contributed by atoms with Gasteiger partial charge in [0.25, 0.3) is 0 Å². The molecule has 1 aromatic heterocycles. The second kappa shape index (κ2) is 11.3. The number of aliphatic imine (C=N–C) groups is 1. The van der Waals surface area contributed by atoms with Gasteiger partial charge >= 0.3 is 5.97 Å². The molecule has 0 radical (unpaired) electrons. The zero-order chi connectivity index (χ0) is 25.6. The number of carbonyl (C=O) groups is 2. The van der Waals surface area contributed by atoms with Gasteiger partial charge in [-0.15, -0.1) is 0 Å². The van der Waals surface area contributed by atoms with E-state index in [1.165, 1.54) is 11.8 Å². The molecule has 0 saturated heterocycles. The minimum Gasteiger partial charge on any atom is -0.463 e. The first-order chi connectivity index (χ1) is 18.2. The molecule has 5 rings (SSSR count). The predicted molar refractivity (Wildman–Crippen MR) is 145 cm³/mol. The van der Waals surface area contributed by atoms with Crippen molar-refractivity contribution in [2.24, 2.45) is 4.99 Å². The molecule has 0 spiro atoms. The summed E-state index contributed by atoms with van der Waals surface area (Å²) in [6.45, 7) is 2.45. The molecule has 0 fully saturated rings. The maximum Gasteiger partial charge on any atom is 0.338 e. The minimum absolute atomic E-state index is 0.118. The normalized spacial score (nSPS) is 16.6. The number of amides is 1. The van der Waals surface area contributed by atoms with Crippen LogP contribution in [0.2, 0.25) is 0 Å². The van der Waals surface area contributed by atoms with Gasteiger partial charge in [-0.05, 0) is 35.6 Å². The van der Waals surface area contributed by atoms with Crippen LogP contribution < -0.4 is 5.32 Å². The molecule has 37 heavy (non-hydrogen) atoms. The number of thioether (sulfide) groups is 1. The lowest BCUT2D eigenvalue weighted by atomic mass is 9.91. The standard InChI is InChI=1S/C29H26N4O3S/c1-2-36-28(35)25-26(21-9-5-3-6-10-21)32-29-33(27(25)22-11-7-4-8-12-22)23(19-37-29)17-24(34)31-18-20-13-15-30-16-14-20/h3-16,19,27H,2,17-18H2,1H3,(H,31,34). The lowest BCUT2D eigenvalue weighted by Gasteiger charge is -2.36. The van der Waals surface area contributed by atoms with Crippen LogP contribution >= 0.6 is 11.8 Å². The second-order valence-electron chi connectivity index (χ2n) is 8.46. The first-order valence-corrected chi connectivity index (χ1v) is 12.9. The average molecular weight is 511 g/mol. The van der Waals surface area contributed by atoms with E-state index in [-0.39, 0.29) is 18.9 Å². The van der Waals surface area contributed by atoms with E-state index in [1.807, 2.05) is 83.1 Å². The number of ether oxygens (including phenoxy) is 1. The molecule has 3 heterocycles. The number of esters is 1. The van der Waals surface area contributed by atoms with Crippen molar-refractivity contribution in [3.8, 4) is 0 Å². The molecule has 1 atom stereocenters. The number of hydrogen-bond acceptors (Lipinski definition) is 7. The summed E-state index contributed by atoms with van der Waals surface area (Å²) < 4.78 is 5.53. The second-order valence-corrected chi connectivity index (χ2v) is 9.30. The SMILES string of the molecule is CCOC(=O)C1=C(c2ccccc2)N=C2SC=C(CC(=O)NCc3ccncc3)N2C1c1ccccc1. The van der Waals surface area contributed by atoms with Gasteiger partial charge in [0.05, 0.1) is 30.3 Å². The third-order valence-electron chi connectivity index (χ3n) is 6.05. The van der Waals surface area contributed by atoms with Crippen molar-refractivity contribution in [3.05, 3.63) is 119 Å². The average Bonchev–Trinajstić information content (AvgIpc) is 3.34. The van der Waals surface area contributed by atoms with Crippen molar-refractivity contribution in [3.63, 3.8) is 0 Å². The topological polar surface area (TPSA) is 83.9 Å². The van der Waals surface area contributed by atoms with E-state index in [4.69, 9.17) is 9.73 Å². The fourth-order valence-electron chi connectivity index (χ4n) is 4.37. The van der Waals surface area contributed by atoms with Crippen LogP contribution in [-0.4, -0.2) is 33.5 Å². The van der Waals surface area contributed by atoms with Crippen LogP contribution in [0, 0.1) is 0 Å². The Hall–Kier alpha value is -4.17. The molecule has 2 aromatic carbocycles. The highest BCUT2D eigenvalue weighted by atomic mass is 32.2. The molecule has 0 bridgehead atoms. The Morgan fingerprint density at radius 1 is 1.00 bits per heavy atom. The summed E-state index contributed by atoms with van der Waals surface area (Å²) in [6, 6.07) is 22.7. The van der Waals surface area contributed by atoms with Crippen LogP contribution in [-0.2, 0) is 20.9 Å². The van der Waals surface area contributed by atoms with Gasteiger partial charge in [-0.3, -0.25) is 9.78 Å². The largest absolute Gasteiger partial charge is 0.463 e. The smallest absolute Gasteiger partial charge is 0.338 e. The number of hydrogen-bond donors (Lipinski definition) is 1. The Morgan fingerprint density at radius 2 is 1.70 bits per heavy atom. The molecular weight excluding hydrogens is 484 g/mol. The lowest BCUT2D eigenvalue weighted by Crippen LogP contribution is -2.38. The van der Waals surface area contributed by atoms with Crippen LogP contribution in [0.5, 0.6) is 0 Å². The van der Waals surface area contributed by atoms with Gasteiger partial charge in [0, 0.05) is 30.2 Å². The van der Waals surface area contributed by atoms with Gasteiger partial charge < -0.3 is 15.0 Å². The summed E-state index contributed by atoms with van der Waals surface area (Å²) in [7, 11) is 0. The molecule has 8 heteroatoms. The molecular formula is C29H26N4O3S. The number of benzene rings is 2. The van der Waals surface area contributed by atoms with E-state index in [0.717, 1.165) is 27.6 Å². The number of aromatic nitrogens is 1. The summed E-state index contributed by atoms with van der Waals surface area (Å²) in [6.07, 6.45) is 3.55. The van der Waals surface area contributed by atoms with Crippen LogP contribution in [0.15, 0.2) is 107 Å². The van der Waals surface area contributed by atoms with Crippen LogP contribution in [0.25, 0.3) is 5.70 Å². The molecule has 186 valence electrons. The van der Waals surface area contributed by atoms with Crippen molar-refractivity contribution >= 4 is 34.5 Å². The zero-order valence-electron chi connectivity index (χ0n) is 20.3. The fourth-order valence-corrected chi connectivity index (χ4v) is 5.29. The maximum atomic E-state index is 13.5. The summed E-state index contributed by atoms with van der Waals surface area (Å²) in [5.41, 5.74) is 4.54. The number of nitrogens with zero attached hydrogens (tertiary/aromatic N) is 3. The molecule has 0 saturated carbocycles. The quantitative estimate of drug-likeness (QED) is 0.427. The Kier molecular flexibility index (Phi) is 7.46. The minimum atomic E-state index is -0.489. The summed E-state index contributed by atoms with van der Waals surface area (Å²) in [5, 5.41) is 5.64. The van der Waals surface area contributed by atoms with Crippen molar-refractivity contribution in [1.29, 1.82) is 0 Å². The Morgan fingerprint density at radius 3 is 2.41 bits per heavy atom. The number of amidine groups is 1. The maximum absolute atomic E-state index is 13.5. The third kappa shape index (κ3) is 5.34. The molecule has 1 unspecified atom stereocenters. The van der Waals surface area contributed by atoms with E-state index in [0.29, 0.717) is 17.8 Å². The zero-order valence-corrected chi connectivity index (χ0v) is 21.2. The van der Waals surface area contributed by atoms with Gasteiger partial charge in [0.2, 0.25) is 5.91 Å². The summed E-state index contributed by atoms with van der Waals surface area (Å²) in [5.74, 6) is -0.538. The van der Waals surface area contributed by atoms with Crippen molar-refractivity contribution in [2.45, 2.75) is 25.9 Å². The van der Waals surface area contributed by atoms with Gasteiger partial charge in [-0.2, -0.15) is 0 Å². The number of carbonyl (C=O) groups excluding carboxylic acids is 2. The number of pyridine rings is 1. The molecule has 3 aromatic rings. The Balaban J connectivity index is 1.51. The van der Waals surface area contributed by atoms with E-state index < -0.39 is 12.0 Å². The fraction of sp³-hybridized carbons (Fsp3) is 0.172. The number of rotatable bonds is 8. The Labute approximate surface area is 220 Å². The highest BCUT2D eigenvalue weighted by molar-refractivity contribution is 8.16. The van der Waals surface area contributed by atoms with Gasteiger partial charge in [0.15, 0.2) is 5.17 Å². The number of fused-ring (bicyclic) bond motifs is 1. The predicted octanol–water partition coefficient (Wildman–Crippen LogP) is 5.06. The van der Waals surface area contributed by atoms with Crippen molar-refractivity contribution in [1.82, 2.24) is 15.2 Å². The van der Waals surface area contributed by atoms with Crippen LogP contribution in [0.1, 0.15) is 36.1 Å². The summed E-state index contributed by atoms with van der Waals surface area (Å²) >= 11 is 1.45. The van der Waals surface area contributed by atoms with Crippen molar-refractivity contribution in [2.75, 3.05) is 6.61 Å². The number of nitrogens with one attached hydrogen (secondary N) is 1. The Bertz CT molecular complexity index is 1370. The van der Waals surface area contributed by atoms with Gasteiger partial charge in [-0.1, -0.05) is 72.4 Å². The van der Waals surface area contributed by atoms with Gasteiger partial charge in [0.1, 0.15) is 0 Å². The van der Waals surface area contributed by atoms with Crippen LogP contribution in [0.4, 0.5) is 0 Å². The van der Waals surface area contributed by atoms with Gasteiger partial charge in [-0.25, -0.2) is 9.79 Å². The molecule has 2 aliphatic heterocycles. The van der Waals surface area contributed by atoms with Crippen molar-refractivity contribution < 1.29 is 14.3 Å². The molecule has 1 amide bonds.